The van der Waals surface area contributed by atoms with Gasteiger partial charge >= 0.3 is 5.97 Å². The van der Waals surface area contributed by atoms with Crippen LogP contribution in [-0.2, 0) is 14.3 Å². The molecule has 0 aliphatic heterocycles. The number of hydrogen-bond acceptors (Lipinski definition) is 3. The molecule has 1 atom stereocenters. The summed E-state index contributed by atoms with van der Waals surface area (Å²) < 4.78 is 4.78. The maximum absolute atomic E-state index is 11.1. The van der Waals surface area contributed by atoms with Gasteiger partial charge in [0.2, 0.25) is 5.24 Å². The minimum Gasteiger partial charge on any atom is -0.465 e. The van der Waals surface area contributed by atoms with Gasteiger partial charge in [0.05, 0.1) is 5.92 Å². The molecule has 15 heavy (non-hydrogen) atoms. The molecule has 0 radical (unpaired) electrons. The zero-order valence-electron chi connectivity index (χ0n) is 8.27. The normalized spacial score (nSPS) is 11.9. The van der Waals surface area contributed by atoms with Crippen LogP contribution in [0.4, 0.5) is 0 Å². The molecule has 0 amide bonds. The summed E-state index contributed by atoms with van der Waals surface area (Å²) in [5.74, 6) is -1.01. The van der Waals surface area contributed by atoms with Crippen LogP contribution < -0.4 is 0 Å². The van der Waals surface area contributed by atoms with Crippen molar-refractivity contribution in [1.82, 2.24) is 0 Å². The molecule has 0 fully saturated rings. The van der Waals surface area contributed by atoms with E-state index in [1.807, 2.05) is 6.07 Å². The lowest BCUT2D eigenvalue weighted by Gasteiger charge is -2.12. The van der Waals surface area contributed by atoms with Crippen molar-refractivity contribution in [1.29, 1.82) is 0 Å². The van der Waals surface area contributed by atoms with Crippen LogP contribution in [0.1, 0.15) is 18.4 Å². The van der Waals surface area contributed by atoms with Gasteiger partial charge in [-0.1, -0.05) is 30.3 Å². The molecule has 0 aliphatic carbocycles. The largest absolute Gasteiger partial charge is 0.465 e. The maximum Gasteiger partial charge on any atom is 0.302 e. The Labute approximate surface area is 93.0 Å². The Morgan fingerprint density at radius 2 is 1.93 bits per heavy atom. The quantitative estimate of drug-likeness (QED) is 0.583. The van der Waals surface area contributed by atoms with Gasteiger partial charge in [0.25, 0.3) is 0 Å². The SMILES string of the molecule is CC(=O)OC[C@H](C(=O)Cl)c1ccccc1. The fourth-order valence-electron chi connectivity index (χ4n) is 1.18. The van der Waals surface area contributed by atoms with Gasteiger partial charge in [-0.2, -0.15) is 0 Å². The van der Waals surface area contributed by atoms with Gasteiger partial charge in [0, 0.05) is 6.92 Å². The van der Waals surface area contributed by atoms with Gasteiger partial charge in [0.15, 0.2) is 0 Å². The fraction of sp³-hybridized carbons (Fsp3) is 0.273. The molecule has 0 aromatic heterocycles. The molecule has 1 aromatic carbocycles. The van der Waals surface area contributed by atoms with Crippen LogP contribution in [0.25, 0.3) is 0 Å². The molecule has 0 heterocycles. The first-order valence-corrected chi connectivity index (χ1v) is 4.86. The van der Waals surface area contributed by atoms with Crippen molar-refractivity contribution in [2.45, 2.75) is 12.8 Å². The average Bonchev–Trinajstić information content (AvgIpc) is 2.18. The first-order chi connectivity index (χ1) is 7.11. The molecule has 0 aliphatic rings. The Hall–Kier alpha value is -1.35. The monoisotopic (exact) mass is 226 g/mol. The number of carbonyl (C=O) groups is 2. The van der Waals surface area contributed by atoms with Crippen molar-refractivity contribution in [3.8, 4) is 0 Å². The molecule has 80 valence electrons. The van der Waals surface area contributed by atoms with Crippen molar-refractivity contribution >= 4 is 22.8 Å². The predicted octanol–water partition coefficient (Wildman–Crippen LogP) is 2.10. The Balaban J connectivity index is 2.75. The highest BCUT2D eigenvalue weighted by Gasteiger charge is 2.19. The standard InChI is InChI=1S/C11H11ClO3/c1-8(13)15-7-10(11(12)14)9-5-3-2-4-6-9/h2-6,10H,7H2,1H3/t10-/m0/s1. The van der Waals surface area contributed by atoms with E-state index in [0.717, 1.165) is 5.56 Å². The molecular formula is C11H11ClO3. The third-order valence-corrected chi connectivity index (χ3v) is 2.19. The number of hydrogen-bond donors (Lipinski definition) is 0. The molecule has 1 rings (SSSR count). The van der Waals surface area contributed by atoms with Crippen LogP contribution in [0, 0.1) is 0 Å². The number of ether oxygens (including phenoxy) is 1. The number of halogens is 1. The second kappa shape index (κ2) is 5.51. The zero-order valence-corrected chi connectivity index (χ0v) is 9.03. The summed E-state index contributed by atoms with van der Waals surface area (Å²) in [6, 6.07) is 8.99. The summed E-state index contributed by atoms with van der Waals surface area (Å²) >= 11 is 5.43. The first kappa shape index (κ1) is 11.7. The molecule has 0 spiro atoms. The Kier molecular flexibility index (Phi) is 4.31. The first-order valence-electron chi connectivity index (χ1n) is 4.49. The average molecular weight is 227 g/mol. The lowest BCUT2D eigenvalue weighted by molar-refractivity contribution is -0.141. The number of esters is 1. The summed E-state index contributed by atoms with van der Waals surface area (Å²) in [4.78, 5) is 21.8. The molecule has 0 unspecified atom stereocenters. The van der Waals surface area contributed by atoms with E-state index in [1.165, 1.54) is 6.92 Å². The maximum atomic E-state index is 11.1. The van der Waals surface area contributed by atoms with Crippen molar-refractivity contribution in [2.24, 2.45) is 0 Å². The van der Waals surface area contributed by atoms with Crippen LogP contribution in [-0.4, -0.2) is 17.8 Å². The van der Waals surface area contributed by atoms with E-state index in [1.54, 1.807) is 24.3 Å². The van der Waals surface area contributed by atoms with Crippen molar-refractivity contribution in [3.63, 3.8) is 0 Å². The Morgan fingerprint density at radius 3 is 2.40 bits per heavy atom. The number of rotatable bonds is 4. The molecular weight excluding hydrogens is 216 g/mol. The highest BCUT2D eigenvalue weighted by atomic mass is 35.5. The number of carbonyl (C=O) groups excluding carboxylic acids is 2. The van der Waals surface area contributed by atoms with Crippen LogP contribution in [0.2, 0.25) is 0 Å². The molecule has 0 saturated heterocycles. The van der Waals surface area contributed by atoms with Crippen LogP contribution >= 0.6 is 11.6 Å². The van der Waals surface area contributed by atoms with Crippen molar-refractivity contribution in [2.75, 3.05) is 6.61 Å². The predicted molar refractivity (Wildman–Crippen MR) is 56.7 cm³/mol. The van der Waals surface area contributed by atoms with E-state index in [4.69, 9.17) is 16.3 Å². The summed E-state index contributed by atoms with van der Waals surface area (Å²) in [6.45, 7) is 1.28. The van der Waals surface area contributed by atoms with Gasteiger partial charge in [-0.3, -0.25) is 9.59 Å². The van der Waals surface area contributed by atoms with Crippen molar-refractivity contribution in [3.05, 3.63) is 35.9 Å². The Morgan fingerprint density at radius 1 is 1.33 bits per heavy atom. The molecule has 1 aromatic rings. The van der Waals surface area contributed by atoms with E-state index >= 15 is 0 Å². The van der Waals surface area contributed by atoms with E-state index < -0.39 is 17.1 Å². The molecule has 0 saturated carbocycles. The summed E-state index contributed by atoms with van der Waals surface area (Å²) in [5, 5.41) is -0.526. The third kappa shape index (κ3) is 3.72. The summed E-state index contributed by atoms with van der Waals surface area (Å²) in [5.41, 5.74) is 0.749. The minimum absolute atomic E-state index is 0.0122. The number of benzene rings is 1. The molecule has 4 heteroatoms. The van der Waals surface area contributed by atoms with Gasteiger partial charge in [0.1, 0.15) is 6.61 Å². The lowest BCUT2D eigenvalue weighted by Crippen LogP contribution is -2.15. The second-order valence-electron chi connectivity index (χ2n) is 3.07. The Bertz CT molecular complexity index is 348. The van der Waals surface area contributed by atoms with Gasteiger partial charge in [-0.05, 0) is 17.2 Å². The van der Waals surface area contributed by atoms with E-state index in [2.05, 4.69) is 0 Å². The van der Waals surface area contributed by atoms with Gasteiger partial charge in [-0.25, -0.2) is 0 Å². The highest BCUT2D eigenvalue weighted by molar-refractivity contribution is 6.64. The van der Waals surface area contributed by atoms with Crippen molar-refractivity contribution < 1.29 is 14.3 Å². The minimum atomic E-state index is -0.586. The van der Waals surface area contributed by atoms with E-state index in [0.29, 0.717) is 0 Å². The van der Waals surface area contributed by atoms with Gasteiger partial charge in [-0.15, -0.1) is 0 Å². The van der Waals surface area contributed by atoms with Gasteiger partial charge < -0.3 is 4.74 Å². The molecule has 0 N–H and O–H groups in total. The molecule has 3 nitrogen and oxygen atoms in total. The zero-order chi connectivity index (χ0) is 11.3. The summed E-state index contributed by atoms with van der Waals surface area (Å²) in [7, 11) is 0. The van der Waals surface area contributed by atoms with E-state index in [9.17, 15) is 9.59 Å². The van der Waals surface area contributed by atoms with E-state index in [-0.39, 0.29) is 6.61 Å². The van der Waals surface area contributed by atoms with Crippen LogP contribution in [0.15, 0.2) is 30.3 Å². The molecule has 0 bridgehead atoms. The third-order valence-electron chi connectivity index (χ3n) is 1.93. The van der Waals surface area contributed by atoms with Crippen LogP contribution in [0.5, 0.6) is 0 Å². The topological polar surface area (TPSA) is 43.4 Å². The smallest absolute Gasteiger partial charge is 0.302 e. The fourth-order valence-corrected chi connectivity index (χ4v) is 1.37. The highest BCUT2D eigenvalue weighted by Crippen LogP contribution is 2.18. The lowest BCUT2D eigenvalue weighted by atomic mass is 10.0. The second-order valence-corrected chi connectivity index (χ2v) is 3.44. The van der Waals surface area contributed by atoms with Crippen LogP contribution in [0.3, 0.4) is 0 Å². The summed E-state index contributed by atoms with van der Waals surface area (Å²) in [6.07, 6.45) is 0.